The van der Waals surface area contributed by atoms with Gasteiger partial charge in [-0.2, -0.15) is 0 Å². The summed E-state index contributed by atoms with van der Waals surface area (Å²) in [6.07, 6.45) is 3.91. The fourth-order valence-electron chi connectivity index (χ4n) is 3.34. The Morgan fingerprint density at radius 2 is 2.05 bits per heavy atom. The molecule has 0 aromatic rings. The zero-order chi connectivity index (χ0) is 14.2. The van der Waals surface area contributed by atoms with Crippen LogP contribution in [0.5, 0.6) is 0 Å². The summed E-state index contributed by atoms with van der Waals surface area (Å²) in [7, 11) is 0. The third kappa shape index (κ3) is 3.28. The molecule has 1 N–H and O–H groups in total. The number of piperazine rings is 1. The van der Waals surface area contributed by atoms with E-state index in [1.165, 1.54) is 0 Å². The predicted octanol–water partition coefficient (Wildman–Crippen LogP) is 1.94. The molecule has 2 rings (SSSR count). The van der Waals surface area contributed by atoms with Crippen molar-refractivity contribution in [1.29, 1.82) is 0 Å². The van der Waals surface area contributed by atoms with Crippen molar-refractivity contribution in [2.75, 3.05) is 6.54 Å². The van der Waals surface area contributed by atoms with Gasteiger partial charge < -0.3 is 10.2 Å². The quantitative estimate of drug-likeness (QED) is 0.848. The van der Waals surface area contributed by atoms with Crippen LogP contribution in [0, 0.1) is 11.3 Å². The Balaban J connectivity index is 2.07. The van der Waals surface area contributed by atoms with Gasteiger partial charge in [-0.15, -0.1) is 0 Å². The lowest BCUT2D eigenvalue weighted by molar-refractivity contribution is -0.147. The summed E-state index contributed by atoms with van der Waals surface area (Å²) in [5, 5.41) is 2.84. The molecule has 2 aliphatic rings. The van der Waals surface area contributed by atoms with Crippen LogP contribution < -0.4 is 5.32 Å². The number of hydrogen-bond donors (Lipinski definition) is 1. The molecule has 1 heterocycles. The molecule has 0 radical (unpaired) electrons. The number of hydrogen-bond acceptors (Lipinski definition) is 2. The molecule has 1 aliphatic heterocycles. The van der Waals surface area contributed by atoms with E-state index in [0.717, 1.165) is 25.7 Å². The van der Waals surface area contributed by atoms with Gasteiger partial charge in [0.2, 0.25) is 11.8 Å². The average Bonchev–Trinajstić information content (AvgIpc) is 2.63. The van der Waals surface area contributed by atoms with Crippen molar-refractivity contribution in [1.82, 2.24) is 10.2 Å². The van der Waals surface area contributed by atoms with Gasteiger partial charge in [-0.1, -0.05) is 27.7 Å². The second kappa shape index (κ2) is 5.14. The lowest BCUT2D eigenvalue weighted by atomic mass is 9.91. The highest BCUT2D eigenvalue weighted by atomic mass is 16.2. The van der Waals surface area contributed by atoms with Crippen molar-refractivity contribution in [3.05, 3.63) is 0 Å². The van der Waals surface area contributed by atoms with Crippen LogP contribution in [-0.4, -0.2) is 35.3 Å². The van der Waals surface area contributed by atoms with Gasteiger partial charge >= 0.3 is 0 Å². The number of carbonyl (C=O) groups is 2. The number of amides is 2. The van der Waals surface area contributed by atoms with E-state index >= 15 is 0 Å². The maximum Gasteiger partial charge on any atom is 0.245 e. The topological polar surface area (TPSA) is 49.4 Å². The minimum absolute atomic E-state index is 0.00467. The van der Waals surface area contributed by atoms with E-state index in [0.29, 0.717) is 11.3 Å². The smallest absolute Gasteiger partial charge is 0.245 e. The molecule has 4 heteroatoms. The molecule has 0 bridgehead atoms. The zero-order valence-corrected chi connectivity index (χ0v) is 12.5. The number of nitrogens with one attached hydrogen (secondary N) is 1. The van der Waals surface area contributed by atoms with Crippen LogP contribution in [0.25, 0.3) is 0 Å². The molecule has 4 nitrogen and oxygen atoms in total. The van der Waals surface area contributed by atoms with Crippen molar-refractivity contribution in [3.63, 3.8) is 0 Å². The maximum absolute atomic E-state index is 12.5. The number of rotatable bonds is 3. The van der Waals surface area contributed by atoms with Crippen molar-refractivity contribution in [3.8, 4) is 0 Å². The minimum Gasteiger partial charge on any atom is -0.343 e. The summed E-state index contributed by atoms with van der Waals surface area (Å²) >= 11 is 0. The molecule has 0 spiro atoms. The van der Waals surface area contributed by atoms with Crippen molar-refractivity contribution in [2.45, 2.75) is 65.5 Å². The normalized spacial score (nSPS) is 30.9. The summed E-state index contributed by atoms with van der Waals surface area (Å²) in [5.41, 5.74) is 0.298. The minimum atomic E-state index is -0.315. The monoisotopic (exact) mass is 266 g/mol. The van der Waals surface area contributed by atoms with Gasteiger partial charge in [0.25, 0.3) is 0 Å². The molecule has 19 heavy (non-hydrogen) atoms. The van der Waals surface area contributed by atoms with Crippen molar-refractivity contribution < 1.29 is 9.59 Å². The lowest BCUT2D eigenvalue weighted by Gasteiger charge is -2.37. The molecule has 2 fully saturated rings. The summed E-state index contributed by atoms with van der Waals surface area (Å²) in [6, 6.07) is -0.0619. The van der Waals surface area contributed by atoms with E-state index in [9.17, 15) is 9.59 Å². The number of carbonyl (C=O) groups excluding carboxylic acids is 2. The maximum atomic E-state index is 12.5. The molecule has 2 atom stereocenters. The largest absolute Gasteiger partial charge is 0.343 e. The van der Waals surface area contributed by atoms with Crippen LogP contribution in [0.1, 0.15) is 53.4 Å². The Hall–Kier alpha value is -1.06. The first kappa shape index (κ1) is 14.4. The predicted molar refractivity (Wildman–Crippen MR) is 74.5 cm³/mol. The fraction of sp³-hybridized carbons (Fsp3) is 0.867. The van der Waals surface area contributed by atoms with Crippen LogP contribution in [0.4, 0.5) is 0 Å². The summed E-state index contributed by atoms with van der Waals surface area (Å²) in [5.74, 6) is 0.528. The van der Waals surface area contributed by atoms with Crippen molar-refractivity contribution in [2.24, 2.45) is 11.3 Å². The van der Waals surface area contributed by atoms with Crippen LogP contribution >= 0.6 is 0 Å². The molecule has 1 saturated carbocycles. The molecular weight excluding hydrogens is 240 g/mol. The van der Waals surface area contributed by atoms with E-state index < -0.39 is 0 Å². The Morgan fingerprint density at radius 3 is 2.58 bits per heavy atom. The first-order valence-electron chi connectivity index (χ1n) is 7.38. The van der Waals surface area contributed by atoms with Crippen molar-refractivity contribution >= 4 is 11.8 Å². The zero-order valence-electron chi connectivity index (χ0n) is 12.5. The summed E-state index contributed by atoms with van der Waals surface area (Å²) < 4.78 is 0. The van der Waals surface area contributed by atoms with E-state index in [4.69, 9.17) is 0 Å². The standard InChI is InChI=1S/C15H26N2O2/c1-10(2)7-12-14(19)17(9-13(18)16-12)11-5-6-15(3,4)8-11/h10-12H,5-9H2,1-4H3,(H,16,18). The third-order valence-electron chi connectivity index (χ3n) is 4.32. The third-order valence-corrected chi connectivity index (χ3v) is 4.32. The van der Waals surface area contributed by atoms with Gasteiger partial charge in [-0.25, -0.2) is 0 Å². The Kier molecular flexibility index (Phi) is 3.88. The van der Waals surface area contributed by atoms with E-state index in [2.05, 4.69) is 33.0 Å². The second-order valence-corrected chi connectivity index (χ2v) is 7.28. The van der Waals surface area contributed by atoms with Crippen LogP contribution in [0.3, 0.4) is 0 Å². The van der Waals surface area contributed by atoms with Crippen LogP contribution in [0.15, 0.2) is 0 Å². The fourth-order valence-corrected chi connectivity index (χ4v) is 3.34. The highest BCUT2D eigenvalue weighted by Gasteiger charge is 2.41. The highest BCUT2D eigenvalue weighted by molar-refractivity contribution is 5.95. The lowest BCUT2D eigenvalue weighted by Crippen LogP contribution is -2.60. The van der Waals surface area contributed by atoms with Crippen LogP contribution in [-0.2, 0) is 9.59 Å². The molecule has 0 aromatic heterocycles. The molecule has 1 aliphatic carbocycles. The Labute approximate surface area is 115 Å². The molecule has 2 unspecified atom stereocenters. The van der Waals surface area contributed by atoms with Gasteiger partial charge in [-0.3, -0.25) is 9.59 Å². The molecule has 0 aromatic carbocycles. The first-order chi connectivity index (χ1) is 8.78. The van der Waals surface area contributed by atoms with E-state index in [1.54, 1.807) is 0 Å². The van der Waals surface area contributed by atoms with Gasteiger partial charge in [0, 0.05) is 6.04 Å². The number of nitrogens with zero attached hydrogens (tertiary/aromatic N) is 1. The molecular formula is C15H26N2O2. The first-order valence-corrected chi connectivity index (χ1v) is 7.38. The van der Waals surface area contributed by atoms with E-state index in [1.807, 2.05) is 4.90 Å². The van der Waals surface area contributed by atoms with Gasteiger partial charge in [0.1, 0.15) is 6.04 Å². The van der Waals surface area contributed by atoms with Crippen LogP contribution in [0.2, 0.25) is 0 Å². The Morgan fingerprint density at radius 1 is 1.37 bits per heavy atom. The molecule has 2 amide bonds. The Bertz CT molecular complexity index is 376. The average molecular weight is 266 g/mol. The van der Waals surface area contributed by atoms with Gasteiger partial charge in [-0.05, 0) is 37.0 Å². The second-order valence-electron chi connectivity index (χ2n) is 7.28. The van der Waals surface area contributed by atoms with Gasteiger partial charge in [0.05, 0.1) is 6.54 Å². The summed E-state index contributed by atoms with van der Waals surface area (Å²) in [4.78, 5) is 26.2. The SMILES string of the molecule is CC(C)CC1NC(=O)CN(C2CCC(C)(C)C2)C1=O. The van der Waals surface area contributed by atoms with E-state index in [-0.39, 0.29) is 30.4 Å². The summed E-state index contributed by atoms with van der Waals surface area (Å²) in [6.45, 7) is 8.89. The molecule has 1 saturated heterocycles. The van der Waals surface area contributed by atoms with Gasteiger partial charge in [0.15, 0.2) is 0 Å². The highest BCUT2D eigenvalue weighted by Crippen LogP contribution is 2.39. The molecule has 108 valence electrons.